The van der Waals surface area contributed by atoms with Crippen molar-refractivity contribution in [3.8, 4) is 5.82 Å². The van der Waals surface area contributed by atoms with Crippen LogP contribution in [0.15, 0.2) is 61.3 Å². The smallest absolute Gasteiger partial charge is 0.317 e. The molecular weight excluding hydrogens is 359 g/mol. The van der Waals surface area contributed by atoms with Crippen LogP contribution in [0.2, 0.25) is 0 Å². The Labute approximate surface area is 162 Å². The van der Waals surface area contributed by atoms with E-state index in [2.05, 4.69) is 20.2 Å². The maximum Gasteiger partial charge on any atom is 0.317 e. The Morgan fingerprint density at radius 1 is 1.07 bits per heavy atom. The fourth-order valence-electron chi connectivity index (χ4n) is 3.22. The van der Waals surface area contributed by atoms with E-state index < -0.39 is 0 Å². The summed E-state index contributed by atoms with van der Waals surface area (Å²) >= 11 is 0. The van der Waals surface area contributed by atoms with Gasteiger partial charge in [-0.2, -0.15) is 0 Å². The molecule has 28 heavy (non-hydrogen) atoms. The van der Waals surface area contributed by atoms with Gasteiger partial charge in [-0.05, 0) is 42.0 Å². The minimum Gasteiger partial charge on any atom is -0.368 e. The van der Waals surface area contributed by atoms with Gasteiger partial charge in [0.1, 0.15) is 18.0 Å². The Kier molecular flexibility index (Phi) is 5.18. The van der Waals surface area contributed by atoms with Gasteiger partial charge in [0.2, 0.25) is 0 Å². The number of hydrogen-bond acceptors (Lipinski definition) is 4. The summed E-state index contributed by atoms with van der Waals surface area (Å²) in [5.74, 6) is 0.520. The molecule has 2 aromatic heterocycles. The maximum atomic E-state index is 13.1. The number of pyridine rings is 1. The van der Waals surface area contributed by atoms with Crippen molar-refractivity contribution < 1.29 is 9.18 Å². The van der Waals surface area contributed by atoms with Crippen LogP contribution in [-0.2, 0) is 6.54 Å². The molecule has 1 fully saturated rings. The number of hydrogen-bond donors (Lipinski definition) is 1. The zero-order valence-corrected chi connectivity index (χ0v) is 15.3. The normalized spacial score (nSPS) is 14.2. The predicted octanol–water partition coefficient (Wildman–Crippen LogP) is 2.44. The third-order valence-corrected chi connectivity index (χ3v) is 4.78. The Bertz CT molecular complexity index is 920. The summed E-state index contributed by atoms with van der Waals surface area (Å²) in [6.07, 6.45) is 6.93. The second-order valence-electron chi connectivity index (χ2n) is 6.60. The molecule has 7 nitrogen and oxygen atoms in total. The van der Waals surface area contributed by atoms with Gasteiger partial charge in [-0.15, -0.1) is 0 Å². The number of carbonyl (C=O) groups excluding carboxylic acids is 1. The SMILES string of the molecule is O=C(NCc1ccnc(-n2ccnc2)c1)N1CCN(c2ccc(F)cc2)CC1. The van der Waals surface area contributed by atoms with Crippen LogP contribution in [0.4, 0.5) is 14.9 Å². The highest BCUT2D eigenvalue weighted by Crippen LogP contribution is 2.17. The van der Waals surface area contributed by atoms with Crippen molar-refractivity contribution in [1.29, 1.82) is 0 Å². The van der Waals surface area contributed by atoms with Crippen molar-refractivity contribution in [1.82, 2.24) is 24.8 Å². The topological polar surface area (TPSA) is 66.3 Å². The van der Waals surface area contributed by atoms with E-state index in [4.69, 9.17) is 0 Å². The summed E-state index contributed by atoms with van der Waals surface area (Å²) in [6, 6.07) is 10.2. The minimum atomic E-state index is -0.242. The molecule has 1 N–H and O–H groups in total. The van der Waals surface area contributed by atoms with Gasteiger partial charge in [-0.25, -0.2) is 19.2 Å². The number of nitrogens with zero attached hydrogens (tertiary/aromatic N) is 5. The van der Waals surface area contributed by atoms with E-state index in [-0.39, 0.29) is 11.8 Å². The summed E-state index contributed by atoms with van der Waals surface area (Å²) in [7, 11) is 0. The summed E-state index contributed by atoms with van der Waals surface area (Å²) in [4.78, 5) is 24.8. The molecule has 4 rings (SSSR count). The van der Waals surface area contributed by atoms with Crippen molar-refractivity contribution >= 4 is 11.7 Å². The molecule has 144 valence electrons. The number of nitrogens with one attached hydrogen (secondary N) is 1. The maximum absolute atomic E-state index is 13.1. The fourth-order valence-corrected chi connectivity index (χ4v) is 3.22. The van der Waals surface area contributed by atoms with Crippen LogP contribution in [-0.4, -0.2) is 51.6 Å². The van der Waals surface area contributed by atoms with Crippen LogP contribution in [0.5, 0.6) is 0 Å². The van der Waals surface area contributed by atoms with E-state index in [0.717, 1.165) is 30.2 Å². The summed E-state index contributed by atoms with van der Waals surface area (Å²) in [5.41, 5.74) is 1.95. The fraction of sp³-hybridized carbons (Fsp3) is 0.250. The molecule has 0 saturated carbocycles. The number of aromatic nitrogens is 3. The molecule has 3 heterocycles. The third-order valence-electron chi connectivity index (χ3n) is 4.78. The number of anilines is 1. The quantitative estimate of drug-likeness (QED) is 0.755. The second-order valence-corrected chi connectivity index (χ2v) is 6.60. The highest BCUT2D eigenvalue weighted by atomic mass is 19.1. The van der Waals surface area contributed by atoms with Gasteiger partial charge in [0.05, 0.1) is 0 Å². The van der Waals surface area contributed by atoms with Crippen LogP contribution in [0.25, 0.3) is 5.82 Å². The van der Waals surface area contributed by atoms with Crippen LogP contribution >= 0.6 is 0 Å². The molecular formula is C20H21FN6O. The largest absolute Gasteiger partial charge is 0.368 e. The minimum absolute atomic E-state index is 0.0836. The van der Waals surface area contributed by atoms with E-state index in [1.807, 2.05) is 22.9 Å². The van der Waals surface area contributed by atoms with Crippen molar-refractivity contribution in [3.63, 3.8) is 0 Å². The Morgan fingerprint density at radius 3 is 2.57 bits per heavy atom. The molecule has 0 bridgehead atoms. The van der Waals surface area contributed by atoms with Crippen molar-refractivity contribution in [2.75, 3.05) is 31.1 Å². The van der Waals surface area contributed by atoms with Gasteiger partial charge in [0.25, 0.3) is 0 Å². The van der Waals surface area contributed by atoms with Crippen molar-refractivity contribution in [3.05, 3.63) is 72.7 Å². The standard InChI is InChI=1S/C20H21FN6O/c21-17-1-3-18(4-2-17)25-9-11-26(12-10-25)20(28)24-14-16-5-6-23-19(13-16)27-8-7-22-15-27/h1-8,13,15H,9-12,14H2,(H,24,28). The monoisotopic (exact) mass is 380 g/mol. The molecule has 0 aliphatic carbocycles. The van der Waals surface area contributed by atoms with Crippen molar-refractivity contribution in [2.45, 2.75) is 6.54 Å². The molecule has 1 aromatic carbocycles. The van der Waals surface area contributed by atoms with Crippen LogP contribution < -0.4 is 10.2 Å². The van der Waals surface area contributed by atoms with Gasteiger partial charge >= 0.3 is 6.03 Å². The average Bonchev–Trinajstić information content (AvgIpc) is 3.28. The first kappa shape index (κ1) is 18.0. The van der Waals surface area contributed by atoms with Gasteiger partial charge in [-0.3, -0.25) is 4.57 Å². The van der Waals surface area contributed by atoms with Gasteiger partial charge < -0.3 is 15.1 Å². The predicted molar refractivity (Wildman–Crippen MR) is 104 cm³/mol. The first-order chi connectivity index (χ1) is 13.7. The Balaban J connectivity index is 1.29. The number of benzene rings is 1. The number of urea groups is 1. The number of rotatable bonds is 4. The zero-order chi connectivity index (χ0) is 19.3. The lowest BCUT2D eigenvalue weighted by atomic mass is 10.2. The number of imidazole rings is 1. The Hall–Kier alpha value is -3.42. The lowest BCUT2D eigenvalue weighted by Crippen LogP contribution is -2.51. The van der Waals surface area contributed by atoms with Gasteiger partial charge in [-0.1, -0.05) is 0 Å². The summed E-state index contributed by atoms with van der Waals surface area (Å²) in [6.45, 7) is 3.12. The molecule has 1 saturated heterocycles. The highest BCUT2D eigenvalue weighted by molar-refractivity contribution is 5.74. The van der Waals surface area contributed by atoms with Gasteiger partial charge in [0.15, 0.2) is 0 Å². The molecule has 0 spiro atoms. The van der Waals surface area contributed by atoms with Crippen molar-refractivity contribution in [2.24, 2.45) is 0 Å². The molecule has 2 amide bonds. The first-order valence-corrected chi connectivity index (χ1v) is 9.15. The van der Waals surface area contributed by atoms with Crippen LogP contribution in [0, 0.1) is 5.82 Å². The molecule has 1 aliphatic heterocycles. The van der Waals surface area contributed by atoms with E-state index in [1.54, 1.807) is 35.8 Å². The first-order valence-electron chi connectivity index (χ1n) is 9.15. The number of halogens is 1. The number of piperazine rings is 1. The van der Waals surface area contributed by atoms with E-state index in [9.17, 15) is 9.18 Å². The van der Waals surface area contributed by atoms with Gasteiger partial charge in [0, 0.05) is 57.0 Å². The van der Waals surface area contributed by atoms with Crippen LogP contribution in [0.1, 0.15) is 5.56 Å². The molecule has 1 aliphatic rings. The molecule has 0 unspecified atom stereocenters. The lowest BCUT2D eigenvalue weighted by Gasteiger charge is -2.36. The summed E-state index contributed by atoms with van der Waals surface area (Å²) < 4.78 is 14.9. The molecule has 0 radical (unpaired) electrons. The number of carbonyl (C=O) groups is 1. The Morgan fingerprint density at radius 2 is 1.86 bits per heavy atom. The molecule has 0 atom stereocenters. The second kappa shape index (κ2) is 8.08. The highest BCUT2D eigenvalue weighted by Gasteiger charge is 2.21. The van der Waals surface area contributed by atoms with E-state index in [0.29, 0.717) is 19.6 Å². The lowest BCUT2D eigenvalue weighted by molar-refractivity contribution is 0.194. The number of amides is 2. The molecule has 8 heteroatoms. The third kappa shape index (κ3) is 4.11. The average molecular weight is 380 g/mol. The molecule has 3 aromatic rings. The van der Waals surface area contributed by atoms with E-state index >= 15 is 0 Å². The zero-order valence-electron chi connectivity index (χ0n) is 15.3. The summed E-state index contributed by atoms with van der Waals surface area (Å²) in [5, 5.41) is 2.97. The van der Waals surface area contributed by atoms with E-state index in [1.165, 1.54) is 12.1 Å². The van der Waals surface area contributed by atoms with Crippen LogP contribution in [0.3, 0.4) is 0 Å².